The molecule has 0 saturated carbocycles. The molecule has 1 aromatic heterocycles. The van der Waals surface area contributed by atoms with E-state index in [1.54, 1.807) is 0 Å². The average Bonchev–Trinajstić information content (AvgIpc) is 2.90. The molecule has 4 heteroatoms. The quantitative estimate of drug-likeness (QED) is 0.869. The molecule has 0 aliphatic carbocycles. The Morgan fingerprint density at radius 3 is 2.63 bits per heavy atom. The third-order valence-corrected chi connectivity index (χ3v) is 3.73. The van der Waals surface area contributed by atoms with E-state index in [-0.39, 0.29) is 11.9 Å². The molecule has 1 amide bonds. The highest BCUT2D eigenvalue weighted by Gasteiger charge is 2.19. The van der Waals surface area contributed by atoms with Gasteiger partial charge < -0.3 is 10.6 Å². The number of anilines is 1. The minimum absolute atomic E-state index is 0.0551. The van der Waals surface area contributed by atoms with Crippen molar-refractivity contribution in [2.45, 2.75) is 26.4 Å². The van der Waals surface area contributed by atoms with Crippen LogP contribution in [0, 0.1) is 0 Å². The first-order valence-corrected chi connectivity index (χ1v) is 7.20. The lowest BCUT2D eigenvalue weighted by Gasteiger charge is -2.27. The molecule has 19 heavy (non-hydrogen) atoms. The van der Waals surface area contributed by atoms with E-state index in [2.05, 4.69) is 0 Å². The van der Waals surface area contributed by atoms with Gasteiger partial charge >= 0.3 is 0 Å². The lowest BCUT2D eigenvalue weighted by Crippen LogP contribution is -2.36. The van der Waals surface area contributed by atoms with Gasteiger partial charge in [-0.1, -0.05) is 18.2 Å². The third kappa shape index (κ3) is 3.15. The van der Waals surface area contributed by atoms with Crippen molar-refractivity contribution in [3.8, 4) is 0 Å². The van der Waals surface area contributed by atoms with Crippen LogP contribution in [0.1, 0.15) is 29.8 Å². The van der Waals surface area contributed by atoms with Gasteiger partial charge in [-0.05, 0) is 36.9 Å². The highest BCUT2D eigenvalue weighted by molar-refractivity contribution is 7.08. The van der Waals surface area contributed by atoms with Crippen LogP contribution in [0.2, 0.25) is 0 Å². The topological polar surface area (TPSA) is 46.3 Å². The van der Waals surface area contributed by atoms with E-state index in [1.165, 1.54) is 11.3 Å². The second-order valence-electron chi connectivity index (χ2n) is 4.74. The van der Waals surface area contributed by atoms with Crippen LogP contribution in [0.15, 0.2) is 41.1 Å². The Morgan fingerprint density at radius 1 is 1.32 bits per heavy atom. The van der Waals surface area contributed by atoms with Crippen LogP contribution < -0.4 is 5.73 Å². The number of nitrogens with two attached hydrogens (primary N) is 1. The second kappa shape index (κ2) is 5.89. The number of benzene rings is 1. The van der Waals surface area contributed by atoms with Crippen LogP contribution >= 0.6 is 11.3 Å². The summed E-state index contributed by atoms with van der Waals surface area (Å²) in [5, 5.41) is 3.80. The molecule has 1 aromatic carbocycles. The molecule has 3 nitrogen and oxygen atoms in total. The maximum atomic E-state index is 12.5. The minimum atomic E-state index is 0.0551. The van der Waals surface area contributed by atoms with Crippen molar-refractivity contribution in [1.82, 2.24) is 4.90 Å². The van der Waals surface area contributed by atoms with Crippen LogP contribution in [-0.4, -0.2) is 16.8 Å². The van der Waals surface area contributed by atoms with Crippen molar-refractivity contribution in [1.29, 1.82) is 0 Å². The molecule has 2 aromatic rings. The number of carbonyl (C=O) groups excluding carboxylic acids is 1. The fraction of sp³-hybridized carbons (Fsp3) is 0.267. The van der Waals surface area contributed by atoms with Crippen LogP contribution in [0.5, 0.6) is 0 Å². The number of para-hydroxylation sites is 1. The molecule has 1 heterocycles. The fourth-order valence-corrected chi connectivity index (χ4v) is 2.53. The smallest absolute Gasteiger partial charge is 0.255 e. The molecule has 0 fully saturated rings. The summed E-state index contributed by atoms with van der Waals surface area (Å²) in [4.78, 5) is 14.3. The standard InChI is InChI=1S/C15H18N2OS/c1-11(2)17(15(18)13-7-8-19-10-13)9-12-5-3-4-6-14(12)16/h3-8,10-11H,9,16H2,1-2H3. The zero-order valence-electron chi connectivity index (χ0n) is 11.2. The predicted molar refractivity (Wildman–Crippen MR) is 80.2 cm³/mol. The predicted octanol–water partition coefficient (Wildman–Crippen LogP) is 3.38. The summed E-state index contributed by atoms with van der Waals surface area (Å²) in [7, 11) is 0. The lowest BCUT2D eigenvalue weighted by molar-refractivity contribution is 0.0691. The number of amides is 1. The van der Waals surface area contributed by atoms with E-state index in [1.807, 2.05) is 59.8 Å². The van der Waals surface area contributed by atoms with E-state index >= 15 is 0 Å². The second-order valence-corrected chi connectivity index (χ2v) is 5.52. The number of hydrogen-bond acceptors (Lipinski definition) is 3. The van der Waals surface area contributed by atoms with E-state index in [0.717, 1.165) is 16.8 Å². The molecule has 0 radical (unpaired) electrons. The summed E-state index contributed by atoms with van der Waals surface area (Å²) in [6.45, 7) is 4.58. The van der Waals surface area contributed by atoms with Crippen molar-refractivity contribution in [2.75, 3.05) is 5.73 Å². The fourth-order valence-electron chi connectivity index (χ4n) is 1.90. The number of carbonyl (C=O) groups is 1. The van der Waals surface area contributed by atoms with Crippen molar-refractivity contribution in [3.05, 3.63) is 52.2 Å². The van der Waals surface area contributed by atoms with Crippen LogP contribution in [-0.2, 0) is 6.54 Å². The third-order valence-electron chi connectivity index (χ3n) is 3.05. The highest BCUT2D eigenvalue weighted by atomic mass is 32.1. The Bertz CT molecular complexity index is 549. The van der Waals surface area contributed by atoms with Crippen molar-refractivity contribution in [3.63, 3.8) is 0 Å². The van der Waals surface area contributed by atoms with Crippen LogP contribution in [0.25, 0.3) is 0 Å². The molecule has 2 N–H and O–H groups in total. The normalized spacial score (nSPS) is 10.7. The van der Waals surface area contributed by atoms with Crippen LogP contribution in [0.3, 0.4) is 0 Å². The minimum Gasteiger partial charge on any atom is -0.398 e. The molecule has 100 valence electrons. The summed E-state index contributed by atoms with van der Waals surface area (Å²) in [6.07, 6.45) is 0. The van der Waals surface area contributed by atoms with Gasteiger partial charge in [0.25, 0.3) is 5.91 Å². The highest BCUT2D eigenvalue weighted by Crippen LogP contribution is 2.18. The van der Waals surface area contributed by atoms with E-state index in [4.69, 9.17) is 5.73 Å². The Morgan fingerprint density at radius 2 is 2.05 bits per heavy atom. The van der Waals surface area contributed by atoms with Gasteiger partial charge in [-0.2, -0.15) is 11.3 Å². The van der Waals surface area contributed by atoms with Gasteiger partial charge in [0.15, 0.2) is 0 Å². The summed E-state index contributed by atoms with van der Waals surface area (Å²) < 4.78 is 0. The van der Waals surface area contributed by atoms with Gasteiger partial charge in [0.05, 0.1) is 5.56 Å². The van der Waals surface area contributed by atoms with Gasteiger partial charge in [-0.15, -0.1) is 0 Å². The van der Waals surface area contributed by atoms with Crippen LogP contribution in [0.4, 0.5) is 5.69 Å². The van der Waals surface area contributed by atoms with Crippen molar-refractivity contribution in [2.24, 2.45) is 0 Å². The van der Waals surface area contributed by atoms with E-state index in [9.17, 15) is 4.79 Å². The maximum absolute atomic E-state index is 12.5. The van der Waals surface area contributed by atoms with Gasteiger partial charge in [0.1, 0.15) is 0 Å². The number of rotatable bonds is 4. The zero-order valence-corrected chi connectivity index (χ0v) is 12.0. The van der Waals surface area contributed by atoms with Gasteiger partial charge in [-0.25, -0.2) is 0 Å². The molecule has 0 saturated heterocycles. The SMILES string of the molecule is CC(C)N(Cc1ccccc1N)C(=O)c1ccsc1. The summed E-state index contributed by atoms with van der Waals surface area (Å²) in [5.41, 5.74) is 8.41. The van der Waals surface area contributed by atoms with Gasteiger partial charge in [-0.3, -0.25) is 4.79 Å². The Balaban J connectivity index is 2.22. The number of thiophene rings is 1. The Labute approximate surface area is 117 Å². The monoisotopic (exact) mass is 274 g/mol. The molecule has 0 atom stereocenters. The maximum Gasteiger partial charge on any atom is 0.255 e. The van der Waals surface area contributed by atoms with E-state index in [0.29, 0.717) is 6.54 Å². The first kappa shape index (κ1) is 13.6. The summed E-state index contributed by atoms with van der Waals surface area (Å²) in [6, 6.07) is 9.66. The largest absolute Gasteiger partial charge is 0.398 e. The Hall–Kier alpha value is -1.81. The molecule has 0 unspecified atom stereocenters. The first-order valence-electron chi connectivity index (χ1n) is 6.26. The molecular weight excluding hydrogens is 256 g/mol. The molecule has 0 spiro atoms. The zero-order chi connectivity index (χ0) is 13.8. The van der Waals surface area contributed by atoms with Crippen molar-refractivity contribution < 1.29 is 4.79 Å². The lowest BCUT2D eigenvalue weighted by atomic mass is 10.1. The van der Waals surface area contributed by atoms with Gasteiger partial charge in [0, 0.05) is 23.7 Å². The Kier molecular flexibility index (Phi) is 4.22. The molecular formula is C15H18N2OS. The summed E-state index contributed by atoms with van der Waals surface area (Å²) in [5.74, 6) is 0.0551. The molecule has 0 aliphatic rings. The number of nitrogen functional groups attached to an aromatic ring is 1. The molecule has 0 bridgehead atoms. The number of hydrogen-bond donors (Lipinski definition) is 1. The van der Waals surface area contributed by atoms with Crippen molar-refractivity contribution >= 4 is 22.9 Å². The average molecular weight is 274 g/mol. The first-order chi connectivity index (χ1) is 9.09. The van der Waals surface area contributed by atoms with Gasteiger partial charge in [0.2, 0.25) is 0 Å². The molecule has 0 aliphatic heterocycles. The van der Waals surface area contributed by atoms with E-state index < -0.39 is 0 Å². The number of nitrogens with zero attached hydrogens (tertiary/aromatic N) is 1. The summed E-state index contributed by atoms with van der Waals surface area (Å²) >= 11 is 1.53. The molecule has 2 rings (SSSR count).